The maximum absolute atomic E-state index is 4.86. The Labute approximate surface area is 128 Å². The van der Waals surface area contributed by atoms with Crippen LogP contribution in [0.1, 0.15) is 81.3 Å². The lowest BCUT2D eigenvalue weighted by Crippen LogP contribution is -2.34. The Morgan fingerprint density at radius 2 is 1.85 bits per heavy atom. The highest BCUT2D eigenvalue weighted by atomic mass is 32.1. The number of nitrogens with one attached hydrogen (secondary N) is 1. The number of thiazole rings is 1. The molecule has 1 fully saturated rings. The van der Waals surface area contributed by atoms with Crippen molar-refractivity contribution in [1.82, 2.24) is 10.3 Å². The fraction of sp³-hybridized carbons (Fsp3) is 0.824. The van der Waals surface area contributed by atoms with E-state index in [1.807, 2.05) is 11.3 Å². The third-order valence-corrected chi connectivity index (χ3v) is 5.78. The highest BCUT2D eigenvalue weighted by Gasteiger charge is 2.24. The van der Waals surface area contributed by atoms with Crippen LogP contribution in [0.2, 0.25) is 0 Å². The number of hydrogen-bond donors (Lipinski definition) is 1. The van der Waals surface area contributed by atoms with Gasteiger partial charge in [0, 0.05) is 22.9 Å². The first-order valence-corrected chi connectivity index (χ1v) is 8.92. The molecule has 1 N–H and O–H groups in total. The average molecular weight is 295 g/mol. The van der Waals surface area contributed by atoms with Crippen molar-refractivity contribution in [2.24, 2.45) is 5.92 Å². The number of nitrogens with zero attached hydrogens (tertiary/aromatic N) is 1. The normalized spacial score (nSPS) is 24.1. The lowest BCUT2D eigenvalue weighted by Gasteiger charge is -2.26. The van der Waals surface area contributed by atoms with Gasteiger partial charge >= 0.3 is 0 Å². The molecule has 20 heavy (non-hydrogen) atoms. The quantitative estimate of drug-likeness (QED) is 0.843. The molecule has 0 aliphatic heterocycles. The fourth-order valence-electron chi connectivity index (χ4n) is 2.95. The van der Waals surface area contributed by atoms with Crippen molar-refractivity contribution in [1.29, 1.82) is 0 Å². The van der Waals surface area contributed by atoms with Gasteiger partial charge in [0.15, 0.2) is 0 Å². The monoisotopic (exact) mass is 294 g/mol. The molecule has 1 aliphatic rings. The Hall–Kier alpha value is -0.410. The molecule has 0 amide bonds. The van der Waals surface area contributed by atoms with Gasteiger partial charge in [-0.3, -0.25) is 0 Å². The van der Waals surface area contributed by atoms with Gasteiger partial charge in [0.1, 0.15) is 0 Å². The van der Waals surface area contributed by atoms with E-state index in [0.29, 0.717) is 0 Å². The minimum Gasteiger partial charge on any atom is -0.307 e. The molecule has 1 aromatic rings. The van der Waals surface area contributed by atoms with Crippen LogP contribution in [0.3, 0.4) is 0 Å². The van der Waals surface area contributed by atoms with Crippen molar-refractivity contribution in [3.8, 4) is 0 Å². The molecule has 1 aromatic heterocycles. The number of rotatable bonds is 4. The highest BCUT2D eigenvalue weighted by molar-refractivity contribution is 7.11. The number of aryl methyl sites for hydroxylation is 1. The number of aromatic nitrogens is 1. The van der Waals surface area contributed by atoms with Crippen LogP contribution in [0.4, 0.5) is 0 Å². The van der Waals surface area contributed by atoms with E-state index in [0.717, 1.165) is 18.4 Å². The first-order chi connectivity index (χ1) is 9.39. The maximum Gasteiger partial charge on any atom is 0.0962 e. The summed E-state index contributed by atoms with van der Waals surface area (Å²) in [5, 5.41) is 4.97. The predicted octanol–water partition coefficient (Wildman–Crippen LogP) is 5.02. The minimum atomic E-state index is 0.176. The molecule has 3 heteroatoms. The lowest BCUT2D eigenvalue weighted by molar-refractivity contribution is 0.318. The molecule has 1 saturated carbocycles. The van der Waals surface area contributed by atoms with Gasteiger partial charge in [-0.25, -0.2) is 4.98 Å². The number of hydrogen-bond acceptors (Lipinski definition) is 3. The van der Waals surface area contributed by atoms with E-state index in [4.69, 9.17) is 4.98 Å². The van der Waals surface area contributed by atoms with Crippen molar-refractivity contribution >= 4 is 11.3 Å². The summed E-state index contributed by atoms with van der Waals surface area (Å²) < 4.78 is 0. The smallest absolute Gasteiger partial charge is 0.0962 e. The Kier molecular flexibility index (Phi) is 5.25. The van der Waals surface area contributed by atoms with Crippen LogP contribution < -0.4 is 5.32 Å². The van der Waals surface area contributed by atoms with Crippen molar-refractivity contribution in [3.63, 3.8) is 0 Å². The van der Waals surface area contributed by atoms with Crippen LogP contribution in [-0.2, 0) is 6.54 Å². The van der Waals surface area contributed by atoms with Gasteiger partial charge in [-0.1, -0.05) is 13.3 Å². The third kappa shape index (κ3) is 4.29. The highest BCUT2D eigenvalue weighted by Crippen LogP contribution is 2.39. The fourth-order valence-corrected chi connectivity index (χ4v) is 4.13. The van der Waals surface area contributed by atoms with E-state index >= 15 is 0 Å². The molecular formula is C17H30N2S. The zero-order valence-electron chi connectivity index (χ0n) is 13.8. The first kappa shape index (κ1) is 16.0. The molecule has 2 rings (SSSR count). The van der Waals surface area contributed by atoms with Crippen LogP contribution in [0.5, 0.6) is 0 Å². The van der Waals surface area contributed by atoms with Crippen LogP contribution in [0.15, 0.2) is 0 Å². The van der Waals surface area contributed by atoms with Gasteiger partial charge in [-0.2, -0.15) is 0 Å². The molecule has 0 spiro atoms. The van der Waals surface area contributed by atoms with Crippen LogP contribution in [0, 0.1) is 12.8 Å². The Bertz CT molecular complexity index is 423. The Morgan fingerprint density at radius 1 is 1.20 bits per heavy atom. The molecule has 0 unspecified atom stereocenters. The molecule has 1 aliphatic carbocycles. The summed E-state index contributed by atoms with van der Waals surface area (Å²) in [5.74, 6) is 1.69. The largest absolute Gasteiger partial charge is 0.307 e. The minimum absolute atomic E-state index is 0.176. The van der Waals surface area contributed by atoms with Gasteiger partial charge in [-0.15, -0.1) is 11.3 Å². The summed E-state index contributed by atoms with van der Waals surface area (Å²) in [6.45, 7) is 12.1. The second kappa shape index (κ2) is 6.57. The molecule has 0 aromatic carbocycles. The van der Waals surface area contributed by atoms with Gasteiger partial charge in [0.2, 0.25) is 0 Å². The Balaban J connectivity index is 1.97. The topological polar surface area (TPSA) is 24.9 Å². The van der Waals surface area contributed by atoms with E-state index in [1.165, 1.54) is 47.7 Å². The van der Waals surface area contributed by atoms with Crippen LogP contribution in [-0.4, -0.2) is 10.5 Å². The summed E-state index contributed by atoms with van der Waals surface area (Å²) in [6.07, 6.45) is 6.84. The van der Waals surface area contributed by atoms with Crippen molar-refractivity contribution in [3.05, 3.63) is 15.6 Å². The molecule has 0 atom stereocenters. The maximum atomic E-state index is 4.86. The van der Waals surface area contributed by atoms with Gasteiger partial charge in [0.05, 0.1) is 10.7 Å². The van der Waals surface area contributed by atoms with Crippen molar-refractivity contribution in [2.45, 2.75) is 84.7 Å². The molecule has 0 saturated heterocycles. The van der Waals surface area contributed by atoms with Crippen LogP contribution in [0.25, 0.3) is 0 Å². The van der Waals surface area contributed by atoms with E-state index in [1.54, 1.807) is 0 Å². The molecule has 1 heterocycles. The molecule has 114 valence electrons. The summed E-state index contributed by atoms with van der Waals surface area (Å²) in [6, 6.07) is 0. The zero-order chi connectivity index (χ0) is 14.8. The summed E-state index contributed by atoms with van der Waals surface area (Å²) in [4.78, 5) is 6.29. The van der Waals surface area contributed by atoms with E-state index in [-0.39, 0.29) is 5.54 Å². The first-order valence-electron chi connectivity index (χ1n) is 8.10. The Morgan fingerprint density at radius 3 is 2.40 bits per heavy atom. The van der Waals surface area contributed by atoms with Crippen molar-refractivity contribution in [2.75, 3.05) is 0 Å². The molecule has 0 radical (unpaired) electrons. The van der Waals surface area contributed by atoms with Gasteiger partial charge < -0.3 is 5.32 Å². The standard InChI is InChI=1S/C17H30N2S/c1-6-13-7-9-14(10-8-13)16-19-12(2)15(20-16)11-18-17(3,4)5/h13-14,18H,6-11H2,1-5H3. The molecular weight excluding hydrogens is 264 g/mol. The van der Waals surface area contributed by atoms with Gasteiger partial charge in [0.25, 0.3) is 0 Å². The van der Waals surface area contributed by atoms with E-state index in [9.17, 15) is 0 Å². The second-order valence-electron chi connectivity index (χ2n) is 7.29. The molecule has 0 bridgehead atoms. The van der Waals surface area contributed by atoms with Gasteiger partial charge in [-0.05, 0) is 59.3 Å². The second-order valence-corrected chi connectivity index (χ2v) is 8.41. The van der Waals surface area contributed by atoms with E-state index in [2.05, 4.69) is 39.9 Å². The van der Waals surface area contributed by atoms with Crippen molar-refractivity contribution < 1.29 is 0 Å². The molecule has 2 nitrogen and oxygen atoms in total. The lowest BCUT2D eigenvalue weighted by atomic mass is 9.81. The average Bonchev–Trinajstić information content (AvgIpc) is 2.77. The summed E-state index contributed by atoms with van der Waals surface area (Å²) in [5.41, 5.74) is 1.41. The summed E-state index contributed by atoms with van der Waals surface area (Å²) in [7, 11) is 0. The predicted molar refractivity (Wildman–Crippen MR) is 88.4 cm³/mol. The third-order valence-electron chi connectivity index (χ3n) is 4.46. The van der Waals surface area contributed by atoms with E-state index < -0.39 is 0 Å². The summed E-state index contributed by atoms with van der Waals surface area (Å²) >= 11 is 1.94. The van der Waals surface area contributed by atoms with Crippen LogP contribution >= 0.6 is 11.3 Å². The zero-order valence-corrected chi connectivity index (χ0v) is 14.6. The SMILES string of the molecule is CCC1CCC(c2nc(C)c(CNC(C)(C)C)s2)CC1.